The van der Waals surface area contributed by atoms with E-state index in [1.807, 2.05) is 24.5 Å². The molecule has 5 aromatic rings. The first-order valence-electron chi connectivity index (χ1n) is 7.36. The normalized spacial score (nSPS) is 11.6. The van der Waals surface area contributed by atoms with Gasteiger partial charge in [0.05, 0.1) is 11.0 Å². The highest BCUT2D eigenvalue weighted by Gasteiger charge is 2.09. The van der Waals surface area contributed by atoms with E-state index < -0.39 is 0 Å². The summed E-state index contributed by atoms with van der Waals surface area (Å²) in [7, 11) is 0. The van der Waals surface area contributed by atoms with Crippen LogP contribution >= 0.6 is 0 Å². The first-order valence-corrected chi connectivity index (χ1v) is 7.36. The first kappa shape index (κ1) is 11.6. The van der Waals surface area contributed by atoms with E-state index in [2.05, 4.69) is 58.5 Å². The SMILES string of the molecule is c1ccc2c(c1)ncc1ccc3cnc4ccccc4c3c12. The molecule has 2 aromatic heterocycles. The molecule has 0 aliphatic rings. The van der Waals surface area contributed by atoms with Gasteiger partial charge in [-0.2, -0.15) is 0 Å². The molecule has 0 aliphatic carbocycles. The largest absolute Gasteiger partial charge is 0.256 e. The van der Waals surface area contributed by atoms with E-state index in [0.717, 1.165) is 11.0 Å². The molecular formula is C20H12N2. The lowest BCUT2D eigenvalue weighted by atomic mass is 9.97. The topological polar surface area (TPSA) is 25.8 Å². The van der Waals surface area contributed by atoms with Gasteiger partial charge in [0.2, 0.25) is 0 Å². The number of nitrogens with zero attached hydrogens (tertiary/aromatic N) is 2. The van der Waals surface area contributed by atoms with Crippen LogP contribution in [0.15, 0.2) is 73.1 Å². The highest BCUT2D eigenvalue weighted by Crippen LogP contribution is 2.34. The summed E-state index contributed by atoms with van der Waals surface area (Å²) in [4.78, 5) is 9.16. The van der Waals surface area contributed by atoms with Crippen LogP contribution in [0.1, 0.15) is 0 Å². The minimum atomic E-state index is 1.03. The molecule has 2 nitrogen and oxygen atoms in total. The van der Waals surface area contributed by atoms with Gasteiger partial charge in [0.15, 0.2) is 0 Å². The molecule has 0 amide bonds. The van der Waals surface area contributed by atoms with Gasteiger partial charge < -0.3 is 0 Å². The van der Waals surface area contributed by atoms with E-state index in [1.165, 1.54) is 32.3 Å². The molecule has 0 radical (unpaired) electrons. The minimum absolute atomic E-state index is 1.03. The number of pyridine rings is 2. The summed E-state index contributed by atoms with van der Waals surface area (Å²) < 4.78 is 0. The van der Waals surface area contributed by atoms with Gasteiger partial charge in [0.1, 0.15) is 0 Å². The van der Waals surface area contributed by atoms with Crippen LogP contribution in [0.25, 0.3) is 43.4 Å². The second kappa shape index (κ2) is 4.25. The Hall–Kier alpha value is -3.00. The van der Waals surface area contributed by atoms with Crippen molar-refractivity contribution in [3.8, 4) is 0 Å². The maximum atomic E-state index is 4.58. The van der Waals surface area contributed by atoms with Gasteiger partial charge in [-0.15, -0.1) is 0 Å². The summed E-state index contributed by atoms with van der Waals surface area (Å²) in [6, 6.07) is 20.9. The van der Waals surface area contributed by atoms with Crippen LogP contribution in [0.3, 0.4) is 0 Å². The Morgan fingerprint density at radius 1 is 0.500 bits per heavy atom. The number of hydrogen-bond acceptors (Lipinski definition) is 2. The zero-order chi connectivity index (χ0) is 14.5. The van der Waals surface area contributed by atoms with Gasteiger partial charge >= 0.3 is 0 Å². The highest BCUT2D eigenvalue weighted by atomic mass is 14.7. The third-order valence-corrected chi connectivity index (χ3v) is 4.30. The molecule has 0 spiro atoms. The van der Waals surface area contributed by atoms with E-state index in [4.69, 9.17) is 0 Å². The molecule has 0 atom stereocenters. The van der Waals surface area contributed by atoms with Gasteiger partial charge in [-0.3, -0.25) is 9.97 Å². The quantitative estimate of drug-likeness (QED) is 0.369. The van der Waals surface area contributed by atoms with Crippen LogP contribution < -0.4 is 0 Å². The Morgan fingerprint density at radius 3 is 1.45 bits per heavy atom. The zero-order valence-electron chi connectivity index (χ0n) is 11.8. The number of para-hydroxylation sites is 2. The molecule has 0 saturated heterocycles. The molecule has 0 N–H and O–H groups in total. The van der Waals surface area contributed by atoms with Crippen LogP contribution in [0.5, 0.6) is 0 Å². The monoisotopic (exact) mass is 280 g/mol. The van der Waals surface area contributed by atoms with E-state index >= 15 is 0 Å². The van der Waals surface area contributed by atoms with Crippen molar-refractivity contribution in [1.82, 2.24) is 9.97 Å². The second-order valence-corrected chi connectivity index (χ2v) is 5.54. The lowest BCUT2D eigenvalue weighted by Crippen LogP contribution is -1.87. The molecule has 0 unspecified atom stereocenters. The van der Waals surface area contributed by atoms with E-state index in [-0.39, 0.29) is 0 Å². The molecule has 0 fully saturated rings. The smallest absolute Gasteiger partial charge is 0.0708 e. The fourth-order valence-corrected chi connectivity index (χ4v) is 3.30. The van der Waals surface area contributed by atoms with Crippen LogP contribution in [0.4, 0.5) is 0 Å². The molecule has 2 heterocycles. The molecular weight excluding hydrogens is 268 g/mol. The number of benzene rings is 3. The van der Waals surface area contributed by atoms with Crippen molar-refractivity contribution >= 4 is 43.4 Å². The molecule has 102 valence electrons. The molecule has 0 saturated carbocycles. The maximum absolute atomic E-state index is 4.58. The number of aromatic nitrogens is 2. The summed E-state index contributed by atoms with van der Waals surface area (Å²) in [5.74, 6) is 0. The Kier molecular flexibility index (Phi) is 2.25. The van der Waals surface area contributed by atoms with Gasteiger partial charge in [0.25, 0.3) is 0 Å². The first-order chi connectivity index (χ1) is 10.9. The average molecular weight is 280 g/mol. The van der Waals surface area contributed by atoms with E-state index in [9.17, 15) is 0 Å². The molecule has 5 rings (SSSR count). The summed E-state index contributed by atoms with van der Waals surface area (Å²) in [6.07, 6.45) is 3.93. The van der Waals surface area contributed by atoms with E-state index in [0.29, 0.717) is 0 Å². The maximum Gasteiger partial charge on any atom is 0.0708 e. The Labute approximate surface area is 127 Å². The lowest BCUT2D eigenvalue weighted by molar-refractivity contribution is 1.44. The van der Waals surface area contributed by atoms with Crippen molar-refractivity contribution in [2.75, 3.05) is 0 Å². The predicted octanol–water partition coefficient (Wildman–Crippen LogP) is 5.09. The standard InChI is InChI=1S/C20H12N2/c1-3-7-17-15(5-1)19-13(11-21-17)9-10-14-12-22-18-8-4-2-6-16(18)20(14)19/h1-12H. The number of fused-ring (bicyclic) bond motifs is 7. The van der Waals surface area contributed by atoms with Gasteiger partial charge in [-0.25, -0.2) is 0 Å². The van der Waals surface area contributed by atoms with Crippen molar-refractivity contribution in [1.29, 1.82) is 0 Å². The van der Waals surface area contributed by atoms with Crippen LogP contribution in [0.2, 0.25) is 0 Å². The van der Waals surface area contributed by atoms with Gasteiger partial charge in [-0.05, 0) is 12.1 Å². The Bertz CT molecular complexity index is 1070. The van der Waals surface area contributed by atoms with Crippen LogP contribution in [0, 0.1) is 0 Å². The summed E-state index contributed by atoms with van der Waals surface area (Å²) in [5, 5.41) is 7.26. The molecule has 22 heavy (non-hydrogen) atoms. The second-order valence-electron chi connectivity index (χ2n) is 5.54. The van der Waals surface area contributed by atoms with Crippen molar-refractivity contribution in [2.24, 2.45) is 0 Å². The Balaban J connectivity index is 2.19. The van der Waals surface area contributed by atoms with Crippen molar-refractivity contribution in [3.63, 3.8) is 0 Å². The third-order valence-electron chi connectivity index (χ3n) is 4.30. The highest BCUT2D eigenvalue weighted by molar-refractivity contribution is 6.26. The van der Waals surface area contributed by atoms with Crippen LogP contribution in [-0.2, 0) is 0 Å². The summed E-state index contributed by atoms with van der Waals surface area (Å²) in [5.41, 5.74) is 2.06. The fraction of sp³-hybridized carbons (Fsp3) is 0. The van der Waals surface area contributed by atoms with E-state index in [1.54, 1.807) is 0 Å². The summed E-state index contributed by atoms with van der Waals surface area (Å²) >= 11 is 0. The predicted molar refractivity (Wildman–Crippen MR) is 92.1 cm³/mol. The average Bonchev–Trinajstić information content (AvgIpc) is 2.60. The minimum Gasteiger partial charge on any atom is -0.256 e. The van der Waals surface area contributed by atoms with Gasteiger partial charge in [-0.1, -0.05) is 48.5 Å². The van der Waals surface area contributed by atoms with Gasteiger partial charge in [0, 0.05) is 44.7 Å². The van der Waals surface area contributed by atoms with Crippen molar-refractivity contribution in [3.05, 3.63) is 73.1 Å². The molecule has 3 aromatic carbocycles. The van der Waals surface area contributed by atoms with Crippen LogP contribution in [-0.4, -0.2) is 9.97 Å². The fourth-order valence-electron chi connectivity index (χ4n) is 3.30. The lowest BCUT2D eigenvalue weighted by Gasteiger charge is -2.09. The summed E-state index contributed by atoms with van der Waals surface area (Å²) in [6.45, 7) is 0. The Morgan fingerprint density at radius 2 is 0.955 bits per heavy atom. The zero-order valence-corrected chi connectivity index (χ0v) is 11.8. The molecule has 0 bridgehead atoms. The van der Waals surface area contributed by atoms with Crippen molar-refractivity contribution in [2.45, 2.75) is 0 Å². The number of hydrogen-bond donors (Lipinski definition) is 0. The van der Waals surface area contributed by atoms with Crippen molar-refractivity contribution < 1.29 is 0 Å². The third kappa shape index (κ3) is 1.49. The molecule has 0 aliphatic heterocycles. The number of rotatable bonds is 0. The molecule has 2 heteroatoms.